The van der Waals surface area contributed by atoms with E-state index in [1.807, 2.05) is 48.5 Å². The first kappa shape index (κ1) is 19.7. The fraction of sp³-hybridized carbons (Fsp3) is 0.364. The molecule has 2 amide bonds. The maximum Gasteiger partial charge on any atom is 0.224 e. The largest absolute Gasteiger partial charge is 0.497 e. The predicted molar refractivity (Wildman–Crippen MR) is 106 cm³/mol. The van der Waals surface area contributed by atoms with Crippen LogP contribution in [0.3, 0.4) is 0 Å². The summed E-state index contributed by atoms with van der Waals surface area (Å²) in [6.45, 7) is 0.932. The van der Waals surface area contributed by atoms with Gasteiger partial charge >= 0.3 is 0 Å². The van der Waals surface area contributed by atoms with E-state index in [0.717, 1.165) is 29.0 Å². The van der Waals surface area contributed by atoms with Gasteiger partial charge < -0.3 is 20.1 Å². The number of rotatable bonds is 9. The molecule has 3 rings (SSSR count). The number of ether oxygens (including phenoxy) is 2. The van der Waals surface area contributed by atoms with Crippen molar-refractivity contribution in [1.82, 2.24) is 10.6 Å². The highest BCUT2D eigenvalue weighted by atomic mass is 16.5. The molecule has 2 atom stereocenters. The number of benzene rings is 2. The molecule has 148 valence electrons. The Morgan fingerprint density at radius 2 is 1.71 bits per heavy atom. The lowest BCUT2D eigenvalue weighted by molar-refractivity contribution is -0.127. The predicted octanol–water partition coefficient (Wildman–Crippen LogP) is 2.31. The summed E-state index contributed by atoms with van der Waals surface area (Å²) in [6, 6.07) is 15.3. The van der Waals surface area contributed by atoms with Crippen LogP contribution >= 0.6 is 0 Å². The summed E-state index contributed by atoms with van der Waals surface area (Å²) in [7, 11) is 3.24. The van der Waals surface area contributed by atoms with E-state index in [2.05, 4.69) is 10.6 Å². The van der Waals surface area contributed by atoms with E-state index < -0.39 is 0 Å². The van der Waals surface area contributed by atoms with Gasteiger partial charge in [0.25, 0.3) is 0 Å². The van der Waals surface area contributed by atoms with Gasteiger partial charge in [-0.3, -0.25) is 9.59 Å². The van der Waals surface area contributed by atoms with Gasteiger partial charge in [-0.05, 0) is 36.6 Å². The zero-order chi connectivity index (χ0) is 19.9. The van der Waals surface area contributed by atoms with Gasteiger partial charge in [-0.15, -0.1) is 0 Å². The van der Waals surface area contributed by atoms with E-state index in [0.29, 0.717) is 19.5 Å². The molecule has 2 aromatic rings. The van der Waals surface area contributed by atoms with Crippen molar-refractivity contribution in [3.8, 4) is 11.5 Å². The van der Waals surface area contributed by atoms with Crippen molar-refractivity contribution in [3.05, 3.63) is 59.7 Å². The average Bonchev–Trinajstić information content (AvgIpc) is 3.53. The molecule has 0 spiro atoms. The zero-order valence-corrected chi connectivity index (χ0v) is 16.2. The minimum Gasteiger partial charge on any atom is -0.497 e. The number of carbonyl (C=O) groups is 2. The third-order valence-electron chi connectivity index (χ3n) is 4.96. The molecule has 2 N–H and O–H groups in total. The second-order valence-electron chi connectivity index (χ2n) is 6.87. The lowest BCUT2D eigenvalue weighted by atomic mass is 10.1. The third kappa shape index (κ3) is 5.03. The number of hydrogen-bond donors (Lipinski definition) is 2. The van der Waals surface area contributed by atoms with Gasteiger partial charge in [0, 0.05) is 18.7 Å². The van der Waals surface area contributed by atoms with Crippen LogP contribution in [0, 0.1) is 11.8 Å². The molecule has 0 radical (unpaired) electrons. The molecule has 0 aliphatic heterocycles. The highest BCUT2D eigenvalue weighted by molar-refractivity contribution is 5.92. The first-order valence-electron chi connectivity index (χ1n) is 9.42. The molecular weight excluding hydrogens is 356 g/mol. The molecule has 0 bridgehead atoms. The first-order chi connectivity index (χ1) is 13.6. The number of amides is 2. The third-order valence-corrected chi connectivity index (χ3v) is 4.96. The zero-order valence-electron chi connectivity index (χ0n) is 16.2. The van der Waals surface area contributed by atoms with E-state index in [1.54, 1.807) is 14.2 Å². The summed E-state index contributed by atoms with van der Waals surface area (Å²) in [5.41, 5.74) is 2.01. The number of carbonyl (C=O) groups excluding carboxylic acids is 2. The molecular formula is C22H26N2O4. The molecule has 2 unspecified atom stereocenters. The summed E-state index contributed by atoms with van der Waals surface area (Å²) < 4.78 is 10.5. The normalized spacial score (nSPS) is 17.5. The smallest absolute Gasteiger partial charge is 0.224 e. The summed E-state index contributed by atoms with van der Waals surface area (Å²) in [5.74, 6) is 0.928. The van der Waals surface area contributed by atoms with Gasteiger partial charge in [-0.1, -0.05) is 30.3 Å². The van der Waals surface area contributed by atoms with Crippen molar-refractivity contribution < 1.29 is 19.1 Å². The Kier molecular flexibility index (Phi) is 6.53. The van der Waals surface area contributed by atoms with Gasteiger partial charge in [0.05, 0.1) is 26.1 Å². The van der Waals surface area contributed by atoms with Crippen molar-refractivity contribution in [1.29, 1.82) is 0 Å². The number of methoxy groups -OCH3 is 2. The quantitative estimate of drug-likeness (QED) is 0.698. The van der Waals surface area contributed by atoms with Crippen LogP contribution in [0.4, 0.5) is 0 Å². The van der Waals surface area contributed by atoms with Crippen molar-refractivity contribution in [2.45, 2.75) is 19.4 Å². The Morgan fingerprint density at radius 1 is 0.964 bits per heavy atom. The fourth-order valence-corrected chi connectivity index (χ4v) is 3.23. The molecule has 1 aliphatic carbocycles. The van der Waals surface area contributed by atoms with E-state index in [9.17, 15) is 9.59 Å². The summed E-state index contributed by atoms with van der Waals surface area (Å²) in [4.78, 5) is 24.6. The highest BCUT2D eigenvalue weighted by Gasteiger charge is 2.47. The molecule has 0 aromatic heterocycles. The van der Waals surface area contributed by atoms with Crippen molar-refractivity contribution >= 4 is 11.8 Å². The molecule has 6 heteroatoms. The fourth-order valence-electron chi connectivity index (χ4n) is 3.23. The second-order valence-corrected chi connectivity index (χ2v) is 6.87. The summed E-state index contributed by atoms with van der Waals surface area (Å²) in [6.07, 6.45) is 1.32. The van der Waals surface area contributed by atoms with Gasteiger partial charge in [0.15, 0.2) is 0 Å². The minimum atomic E-state index is -0.244. The molecule has 2 aromatic carbocycles. The molecule has 0 saturated heterocycles. The van der Waals surface area contributed by atoms with Crippen molar-refractivity contribution in [2.75, 3.05) is 20.8 Å². The Bertz CT molecular complexity index is 837. The molecule has 28 heavy (non-hydrogen) atoms. The van der Waals surface area contributed by atoms with E-state index in [1.165, 1.54) is 0 Å². The second kappa shape index (κ2) is 9.26. The van der Waals surface area contributed by atoms with Crippen LogP contribution in [0.15, 0.2) is 48.5 Å². The Hall–Kier alpha value is -3.02. The van der Waals surface area contributed by atoms with Crippen LogP contribution in [-0.4, -0.2) is 32.6 Å². The lowest BCUT2D eigenvalue weighted by Crippen LogP contribution is -2.31. The Balaban J connectivity index is 1.40. The highest BCUT2D eigenvalue weighted by Crippen LogP contribution is 2.38. The van der Waals surface area contributed by atoms with Crippen molar-refractivity contribution in [2.24, 2.45) is 11.8 Å². The van der Waals surface area contributed by atoms with Gasteiger partial charge in [0.2, 0.25) is 11.8 Å². The maximum atomic E-state index is 12.3. The first-order valence-corrected chi connectivity index (χ1v) is 9.42. The lowest BCUT2D eigenvalue weighted by Gasteiger charge is -2.09. The summed E-state index contributed by atoms with van der Waals surface area (Å²) >= 11 is 0. The molecule has 1 fully saturated rings. The maximum absolute atomic E-state index is 12.3. The summed E-state index contributed by atoms with van der Waals surface area (Å²) in [5, 5.41) is 5.83. The number of nitrogens with one attached hydrogen (secondary N) is 2. The Labute approximate surface area is 165 Å². The number of para-hydroxylation sites is 1. The van der Waals surface area contributed by atoms with E-state index >= 15 is 0 Å². The molecule has 1 aliphatic rings. The van der Waals surface area contributed by atoms with Crippen LogP contribution in [0.25, 0.3) is 0 Å². The van der Waals surface area contributed by atoms with Crippen LogP contribution in [0.1, 0.15) is 17.5 Å². The van der Waals surface area contributed by atoms with Crippen LogP contribution in [0.5, 0.6) is 11.5 Å². The minimum absolute atomic E-state index is 0.0552. The standard InChI is InChI=1S/C22H26N2O4/c1-27-17-8-5-6-15(12-17)10-11-23-21(25)18-13-19(18)22(26)24-14-16-7-3-4-9-20(16)28-2/h3-9,12,18-19H,10-11,13-14H2,1-2H3,(H,23,25)(H,24,26). The van der Waals surface area contributed by atoms with Gasteiger partial charge in [-0.25, -0.2) is 0 Å². The topological polar surface area (TPSA) is 76.7 Å². The van der Waals surface area contributed by atoms with E-state index in [-0.39, 0.29) is 23.7 Å². The molecule has 0 heterocycles. The molecule has 1 saturated carbocycles. The average molecular weight is 382 g/mol. The van der Waals surface area contributed by atoms with Crippen LogP contribution < -0.4 is 20.1 Å². The Morgan fingerprint density at radius 3 is 2.46 bits per heavy atom. The monoisotopic (exact) mass is 382 g/mol. The van der Waals surface area contributed by atoms with E-state index in [4.69, 9.17) is 9.47 Å². The van der Waals surface area contributed by atoms with Gasteiger partial charge in [-0.2, -0.15) is 0 Å². The van der Waals surface area contributed by atoms with Crippen molar-refractivity contribution in [3.63, 3.8) is 0 Å². The van der Waals surface area contributed by atoms with Gasteiger partial charge in [0.1, 0.15) is 11.5 Å². The van der Waals surface area contributed by atoms with Crippen LogP contribution in [0.2, 0.25) is 0 Å². The van der Waals surface area contributed by atoms with Crippen LogP contribution in [-0.2, 0) is 22.6 Å². The SMILES string of the molecule is COc1cccc(CCNC(=O)C2CC2C(=O)NCc2ccccc2OC)c1. The number of hydrogen-bond acceptors (Lipinski definition) is 4. The molecule has 6 nitrogen and oxygen atoms in total.